The van der Waals surface area contributed by atoms with E-state index in [4.69, 9.17) is 0 Å². The second-order valence-corrected chi connectivity index (χ2v) is 7.28. The summed E-state index contributed by atoms with van der Waals surface area (Å²) in [5, 5.41) is 0. The van der Waals surface area contributed by atoms with E-state index in [-0.39, 0.29) is 7.92 Å². The molecule has 0 N–H and O–H groups in total. The predicted molar refractivity (Wildman–Crippen MR) is 70.7 cm³/mol. The quantitative estimate of drug-likeness (QED) is 0.692. The van der Waals surface area contributed by atoms with Crippen molar-refractivity contribution < 1.29 is 0 Å². The zero-order chi connectivity index (χ0) is 10.4. The van der Waals surface area contributed by atoms with Gasteiger partial charge in [0.25, 0.3) is 0 Å². The summed E-state index contributed by atoms with van der Waals surface area (Å²) in [6.07, 6.45) is 5.35. The van der Waals surface area contributed by atoms with Gasteiger partial charge in [-0.1, -0.05) is 48.0 Å². The molecule has 1 rings (SSSR count). The number of rotatable bonds is 5. The minimum Gasteiger partial charge on any atom is -0.107 e. The van der Waals surface area contributed by atoms with Crippen molar-refractivity contribution in [2.75, 3.05) is 18.5 Å². The third-order valence-electron chi connectivity index (χ3n) is 2.55. The van der Waals surface area contributed by atoms with Crippen LogP contribution in [0.4, 0.5) is 0 Å². The third kappa shape index (κ3) is 3.71. The molecule has 0 fully saturated rings. The highest BCUT2D eigenvalue weighted by atomic mass is 79.9. The minimum absolute atomic E-state index is 0.287. The Hall–Kier alpha value is 0.130. The molecule has 78 valence electrons. The maximum absolute atomic E-state index is 3.60. The summed E-state index contributed by atoms with van der Waals surface area (Å²) >= 11 is 3.60. The van der Waals surface area contributed by atoms with Gasteiger partial charge in [-0.2, -0.15) is 0 Å². The molecule has 0 atom stereocenters. The lowest BCUT2D eigenvalue weighted by molar-refractivity contribution is 1.12. The van der Waals surface area contributed by atoms with Crippen molar-refractivity contribution in [3.05, 3.63) is 34.3 Å². The van der Waals surface area contributed by atoms with E-state index in [0.717, 1.165) is 0 Å². The molecule has 0 aliphatic carbocycles. The van der Waals surface area contributed by atoms with Gasteiger partial charge in [-0.15, -0.1) is 7.92 Å². The molecule has 0 unspecified atom stereocenters. The zero-order valence-corrected chi connectivity index (χ0v) is 11.4. The predicted octanol–water partition coefficient (Wildman–Crippen LogP) is 4.51. The Morgan fingerprint density at radius 1 is 1.14 bits per heavy atom. The molecule has 14 heavy (non-hydrogen) atoms. The fraction of sp³-hybridized carbons (Fsp3) is 0.500. The number of halogens is 1. The Morgan fingerprint density at radius 2 is 1.79 bits per heavy atom. The van der Waals surface area contributed by atoms with Crippen LogP contribution in [0.1, 0.15) is 19.4 Å². The summed E-state index contributed by atoms with van der Waals surface area (Å²) < 4.78 is 1.27. The van der Waals surface area contributed by atoms with Crippen LogP contribution in [0.3, 0.4) is 0 Å². The molecular weight excluding hydrogens is 255 g/mol. The Labute approximate surface area is 97.0 Å². The maximum Gasteiger partial charge on any atom is 0.0207 e. The van der Waals surface area contributed by atoms with E-state index in [1.807, 2.05) is 0 Å². The van der Waals surface area contributed by atoms with E-state index in [0.29, 0.717) is 0 Å². The van der Waals surface area contributed by atoms with Crippen LogP contribution < -0.4 is 0 Å². The summed E-state index contributed by atoms with van der Waals surface area (Å²) in [4.78, 5) is 0. The number of hydrogen-bond donors (Lipinski definition) is 0. The molecule has 0 amide bonds. The molecule has 0 radical (unpaired) electrons. The van der Waals surface area contributed by atoms with Crippen LogP contribution in [0.25, 0.3) is 0 Å². The topological polar surface area (TPSA) is 0 Å². The van der Waals surface area contributed by atoms with Crippen molar-refractivity contribution in [1.82, 2.24) is 0 Å². The van der Waals surface area contributed by atoms with Gasteiger partial charge in [-0.3, -0.25) is 0 Å². The van der Waals surface area contributed by atoms with Crippen LogP contribution in [0, 0.1) is 0 Å². The first-order chi connectivity index (χ1) is 6.77. The van der Waals surface area contributed by atoms with Crippen LogP contribution in [0.2, 0.25) is 0 Å². The lowest BCUT2D eigenvalue weighted by Gasteiger charge is -2.13. The van der Waals surface area contributed by atoms with Crippen molar-refractivity contribution in [2.24, 2.45) is 0 Å². The van der Waals surface area contributed by atoms with Gasteiger partial charge in [0, 0.05) is 4.47 Å². The highest BCUT2D eigenvalue weighted by Gasteiger charge is 2.04. The van der Waals surface area contributed by atoms with E-state index >= 15 is 0 Å². The summed E-state index contributed by atoms with van der Waals surface area (Å²) in [5.74, 6) is 0. The van der Waals surface area contributed by atoms with Gasteiger partial charge in [-0.25, -0.2) is 0 Å². The van der Waals surface area contributed by atoms with E-state index < -0.39 is 0 Å². The minimum atomic E-state index is 0.287. The second-order valence-electron chi connectivity index (χ2n) is 3.37. The van der Waals surface area contributed by atoms with Crippen molar-refractivity contribution in [3.8, 4) is 0 Å². The molecule has 1 aromatic rings. The monoisotopic (exact) mass is 272 g/mol. The van der Waals surface area contributed by atoms with E-state index in [9.17, 15) is 0 Å². The van der Waals surface area contributed by atoms with Gasteiger partial charge in [-0.05, 0) is 36.5 Å². The van der Waals surface area contributed by atoms with Crippen molar-refractivity contribution in [2.45, 2.75) is 20.3 Å². The van der Waals surface area contributed by atoms with Gasteiger partial charge in [0.05, 0.1) is 0 Å². The summed E-state index contributed by atoms with van der Waals surface area (Å²) in [6, 6.07) is 8.56. The maximum atomic E-state index is 3.60. The normalized spacial score (nSPS) is 10.9. The van der Waals surface area contributed by atoms with E-state index in [1.54, 1.807) is 0 Å². The van der Waals surface area contributed by atoms with Gasteiger partial charge < -0.3 is 0 Å². The second kappa shape index (κ2) is 6.58. The summed E-state index contributed by atoms with van der Waals surface area (Å²) in [7, 11) is 0.287. The van der Waals surface area contributed by atoms with Gasteiger partial charge in [0.1, 0.15) is 0 Å². The Morgan fingerprint density at radius 3 is 2.36 bits per heavy atom. The molecule has 0 aliphatic heterocycles. The number of aryl methyl sites for hydroxylation is 1. The third-order valence-corrected chi connectivity index (χ3v) is 5.97. The van der Waals surface area contributed by atoms with E-state index in [2.05, 4.69) is 54.0 Å². The fourth-order valence-corrected chi connectivity index (χ4v) is 3.64. The Bertz CT molecular complexity index is 269. The smallest absolute Gasteiger partial charge is 0.0207 e. The molecule has 0 saturated carbocycles. The molecule has 0 aliphatic rings. The van der Waals surface area contributed by atoms with Crippen LogP contribution in [-0.4, -0.2) is 18.5 Å². The van der Waals surface area contributed by atoms with Crippen molar-refractivity contribution in [1.29, 1.82) is 0 Å². The average Bonchev–Trinajstić information content (AvgIpc) is 2.22. The Balaban J connectivity index is 2.49. The number of benzene rings is 1. The first kappa shape index (κ1) is 12.2. The summed E-state index contributed by atoms with van der Waals surface area (Å²) in [6.45, 7) is 4.63. The van der Waals surface area contributed by atoms with Crippen molar-refractivity contribution >= 4 is 23.9 Å². The van der Waals surface area contributed by atoms with Crippen LogP contribution >= 0.6 is 23.9 Å². The SMILES string of the molecule is CCP(CC)CCc1ccccc1Br. The van der Waals surface area contributed by atoms with E-state index in [1.165, 1.54) is 34.9 Å². The first-order valence-electron chi connectivity index (χ1n) is 5.23. The highest BCUT2D eigenvalue weighted by molar-refractivity contribution is 9.10. The largest absolute Gasteiger partial charge is 0.107 e. The molecule has 2 heteroatoms. The standard InChI is InChI=1S/C12H18BrP/c1-3-14(4-2)10-9-11-7-5-6-8-12(11)13/h5-8H,3-4,9-10H2,1-2H3. The van der Waals surface area contributed by atoms with Gasteiger partial charge in [0.15, 0.2) is 0 Å². The molecule has 0 nitrogen and oxygen atoms in total. The van der Waals surface area contributed by atoms with Gasteiger partial charge in [0.2, 0.25) is 0 Å². The van der Waals surface area contributed by atoms with Crippen LogP contribution in [-0.2, 0) is 6.42 Å². The fourth-order valence-electron chi connectivity index (χ4n) is 1.52. The number of hydrogen-bond acceptors (Lipinski definition) is 0. The van der Waals surface area contributed by atoms with Crippen molar-refractivity contribution in [3.63, 3.8) is 0 Å². The molecular formula is C12H18BrP. The molecule has 0 aromatic heterocycles. The lowest BCUT2D eigenvalue weighted by atomic mass is 10.2. The highest BCUT2D eigenvalue weighted by Crippen LogP contribution is 2.35. The van der Waals surface area contributed by atoms with Gasteiger partial charge >= 0.3 is 0 Å². The van der Waals surface area contributed by atoms with Crippen LogP contribution in [0.5, 0.6) is 0 Å². The molecule has 0 bridgehead atoms. The summed E-state index contributed by atoms with van der Waals surface area (Å²) in [5.41, 5.74) is 1.46. The average molecular weight is 273 g/mol. The first-order valence-corrected chi connectivity index (χ1v) is 7.92. The Kier molecular flexibility index (Phi) is 5.74. The lowest BCUT2D eigenvalue weighted by Crippen LogP contribution is -1.95. The molecule has 1 aromatic carbocycles. The molecule has 0 saturated heterocycles. The molecule has 0 heterocycles. The zero-order valence-electron chi connectivity index (χ0n) is 8.96. The molecule has 0 spiro atoms. The van der Waals surface area contributed by atoms with Crippen LogP contribution in [0.15, 0.2) is 28.7 Å².